The lowest BCUT2D eigenvalue weighted by molar-refractivity contribution is -0.118. The molecule has 0 aliphatic heterocycles. The Morgan fingerprint density at radius 1 is 1.40 bits per heavy atom. The van der Waals surface area contributed by atoms with Gasteiger partial charge in [0.15, 0.2) is 0 Å². The lowest BCUT2D eigenvalue weighted by Crippen LogP contribution is -2.27. The molecule has 1 aromatic heterocycles. The van der Waals surface area contributed by atoms with E-state index in [0.29, 0.717) is 29.6 Å². The smallest absolute Gasteiger partial charge is 0.277 e. The SMILES string of the molecule is Cc1nnc(SCC(=O)NCCc2ccccc2F)o1. The van der Waals surface area contributed by atoms with Gasteiger partial charge in [0.25, 0.3) is 5.22 Å². The van der Waals surface area contributed by atoms with Crippen molar-refractivity contribution in [1.29, 1.82) is 0 Å². The second kappa shape index (κ2) is 7.04. The minimum absolute atomic E-state index is 0.151. The molecule has 5 nitrogen and oxygen atoms in total. The number of nitrogens with zero attached hydrogens (tertiary/aromatic N) is 2. The van der Waals surface area contributed by atoms with Gasteiger partial charge < -0.3 is 9.73 Å². The number of nitrogens with one attached hydrogen (secondary N) is 1. The first-order valence-electron chi connectivity index (χ1n) is 6.08. The van der Waals surface area contributed by atoms with Crippen LogP contribution in [0.5, 0.6) is 0 Å². The van der Waals surface area contributed by atoms with Crippen LogP contribution >= 0.6 is 11.8 Å². The van der Waals surface area contributed by atoms with Crippen LogP contribution in [0.25, 0.3) is 0 Å². The number of hydrogen-bond acceptors (Lipinski definition) is 5. The Morgan fingerprint density at radius 2 is 2.20 bits per heavy atom. The Morgan fingerprint density at radius 3 is 2.90 bits per heavy atom. The third-order valence-corrected chi connectivity index (χ3v) is 3.33. The minimum Gasteiger partial charge on any atom is -0.416 e. The average Bonchev–Trinajstić information content (AvgIpc) is 2.84. The zero-order chi connectivity index (χ0) is 14.4. The molecule has 106 valence electrons. The maximum atomic E-state index is 13.3. The number of amides is 1. The van der Waals surface area contributed by atoms with Crippen molar-refractivity contribution in [1.82, 2.24) is 15.5 Å². The van der Waals surface area contributed by atoms with Gasteiger partial charge in [-0.15, -0.1) is 10.2 Å². The van der Waals surface area contributed by atoms with Gasteiger partial charge in [-0.25, -0.2) is 4.39 Å². The van der Waals surface area contributed by atoms with Crippen LogP contribution in [0.4, 0.5) is 4.39 Å². The van der Waals surface area contributed by atoms with Crippen LogP contribution in [0.3, 0.4) is 0 Å². The molecule has 0 aliphatic rings. The summed E-state index contributed by atoms with van der Waals surface area (Å²) < 4.78 is 18.5. The van der Waals surface area contributed by atoms with Crippen LogP contribution in [0, 0.1) is 12.7 Å². The number of aryl methyl sites for hydroxylation is 1. The number of halogens is 1. The topological polar surface area (TPSA) is 68.0 Å². The molecule has 0 unspecified atom stereocenters. The number of carbonyl (C=O) groups excluding carboxylic acids is 1. The lowest BCUT2D eigenvalue weighted by Gasteiger charge is -2.05. The van der Waals surface area contributed by atoms with Gasteiger partial charge in [-0.2, -0.15) is 0 Å². The molecular weight excluding hydrogens is 281 g/mol. The van der Waals surface area contributed by atoms with E-state index in [0.717, 1.165) is 0 Å². The Bertz CT molecular complexity index is 589. The minimum atomic E-state index is -0.252. The van der Waals surface area contributed by atoms with Crippen LogP contribution in [0.2, 0.25) is 0 Å². The fourth-order valence-corrected chi connectivity index (χ4v) is 2.19. The molecule has 0 bridgehead atoms. The Balaban J connectivity index is 1.69. The van der Waals surface area contributed by atoms with E-state index in [4.69, 9.17) is 4.42 Å². The molecule has 2 aromatic rings. The highest BCUT2D eigenvalue weighted by Gasteiger charge is 2.08. The lowest BCUT2D eigenvalue weighted by atomic mass is 10.1. The predicted octanol–water partition coefficient (Wildman–Crippen LogP) is 1.97. The van der Waals surface area contributed by atoms with Gasteiger partial charge in [-0.05, 0) is 18.1 Å². The standard InChI is InChI=1S/C13H14FN3O2S/c1-9-16-17-13(19-9)20-8-12(18)15-7-6-10-4-2-3-5-11(10)14/h2-5H,6-8H2,1H3,(H,15,18). The van der Waals surface area contributed by atoms with Crippen molar-refractivity contribution in [3.8, 4) is 0 Å². The number of benzene rings is 1. The molecule has 2 rings (SSSR count). The van der Waals surface area contributed by atoms with E-state index in [2.05, 4.69) is 15.5 Å². The molecule has 0 aliphatic carbocycles. The number of aromatic nitrogens is 2. The van der Waals surface area contributed by atoms with Crippen LogP contribution < -0.4 is 5.32 Å². The average molecular weight is 295 g/mol. The van der Waals surface area contributed by atoms with Crippen molar-refractivity contribution in [2.24, 2.45) is 0 Å². The summed E-state index contributed by atoms with van der Waals surface area (Å²) in [6.07, 6.45) is 0.461. The second-order valence-corrected chi connectivity index (χ2v) is 4.99. The molecule has 0 saturated heterocycles. The number of rotatable bonds is 6. The molecule has 1 N–H and O–H groups in total. The van der Waals surface area contributed by atoms with Crippen molar-refractivity contribution in [2.75, 3.05) is 12.3 Å². The van der Waals surface area contributed by atoms with E-state index >= 15 is 0 Å². The van der Waals surface area contributed by atoms with Gasteiger partial charge in [0.1, 0.15) is 5.82 Å². The largest absolute Gasteiger partial charge is 0.416 e. The van der Waals surface area contributed by atoms with E-state index < -0.39 is 0 Å². The fourth-order valence-electron chi connectivity index (χ4n) is 1.55. The van der Waals surface area contributed by atoms with E-state index in [1.165, 1.54) is 17.8 Å². The zero-order valence-corrected chi connectivity index (χ0v) is 11.7. The Kier molecular flexibility index (Phi) is 5.11. The van der Waals surface area contributed by atoms with Crippen molar-refractivity contribution >= 4 is 17.7 Å². The van der Waals surface area contributed by atoms with Crippen LogP contribution in [0.1, 0.15) is 11.5 Å². The Labute approximate surface area is 120 Å². The number of carbonyl (C=O) groups is 1. The summed E-state index contributed by atoms with van der Waals surface area (Å²) in [5.41, 5.74) is 0.591. The van der Waals surface area contributed by atoms with Gasteiger partial charge in [-0.1, -0.05) is 30.0 Å². The first kappa shape index (κ1) is 14.5. The summed E-state index contributed by atoms with van der Waals surface area (Å²) in [5, 5.41) is 10.5. The van der Waals surface area contributed by atoms with Gasteiger partial charge in [0.2, 0.25) is 11.8 Å². The molecule has 1 amide bonds. The van der Waals surface area contributed by atoms with Crippen molar-refractivity contribution in [2.45, 2.75) is 18.6 Å². The first-order valence-corrected chi connectivity index (χ1v) is 7.06. The molecule has 1 heterocycles. The van der Waals surface area contributed by atoms with Gasteiger partial charge in [-0.3, -0.25) is 4.79 Å². The van der Waals surface area contributed by atoms with Gasteiger partial charge in [0, 0.05) is 13.5 Å². The highest BCUT2D eigenvalue weighted by Crippen LogP contribution is 2.14. The van der Waals surface area contributed by atoms with Crippen molar-refractivity contribution < 1.29 is 13.6 Å². The summed E-state index contributed by atoms with van der Waals surface area (Å²) in [5.74, 6) is 0.255. The van der Waals surface area contributed by atoms with E-state index in [9.17, 15) is 9.18 Å². The van der Waals surface area contributed by atoms with Crippen LogP contribution in [0.15, 0.2) is 33.9 Å². The highest BCUT2D eigenvalue weighted by molar-refractivity contribution is 7.99. The molecule has 0 spiro atoms. The molecule has 7 heteroatoms. The third kappa shape index (κ3) is 4.34. The second-order valence-electron chi connectivity index (χ2n) is 4.07. The van der Waals surface area contributed by atoms with Crippen LogP contribution in [-0.2, 0) is 11.2 Å². The Hall–Kier alpha value is -1.89. The first-order chi connectivity index (χ1) is 9.65. The van der Waals surface area contributed by atoms with Gasteiger partial charge in [0.05, 0.1) is 5.75 Å². The summed E-state index contributed by atoms with van der Waals surface area (Å²) in [6, 6.07) is 6.52. The predicted molar refractivity (Wildman–Crippen MR) is 72.9 cm³/mol. The fraction of sp³-hybridized carbons (Fsp3) is 0.308. The molecule has 0 fully saturated rings. The van der Waals surface area contributed by atoms with E-state index in [1.54, 1.807) is 25.1 Å². The molecular formula is C13H14FN3O2S. The number of hydrogen-bond donors (Lipinski definition) is 1. The number of thioether (sulfide) groups is 1. The maximum Gasteiger partial charge on any atom is 0.277 e. The summed E-state index contributed by atoms with van der Waals surface area (Å²) in [4.78, 5) is 11.6. The molecule has 0 saturated carbocycles. The zero-order valence-electron chi connectivity index (χ0n) is 10.9. The van der Waals surface area contributed by atoms with E-state index in [1.807, 2.05) is 0 Å². The van der Waals surface area contributed by atoms with Crippen molar-refractivity contribution in [3.63, 3.8) is 0 Å². The van der Waals surface area contributed by atoms with Gasteiger partial charge >= 0.3 is 0 Å². The summed E-state index contributed by atoms with van der Waals surface area (Å²) >= 11 is 1.17. The summed E-state index contributed by atoms with van der Waals surface area (Å²) in [7, 11) is 0. The molecule has 0 atom stereocenters. The van der Waals surface area contributed by atoms with E-state index in [-0.39, 0.29) is 17.5 Å². The third-order valence-electron chi connectivity index (χ3n) is 2.51. The highest BCUT2D eigenvalue weighted by atomic mass is 32.2. The quantitative estimate of drug-likeness (QED) is 0.825. The monoisotopic (exact) mass is 295 g/mol. The molecule has 0 radical (unpaired) electrons. The normalized spacial score (nSPS) is 10.5. The molecule has 1 aromatic carbocycles. The van der Waals surface area contributed by atoms with Crippen LogP contribution in [-0.4, -0.2) is 28.4 Å². The molecule has 20 heavy (non-hydrogen) atoms. The summed E-state index contributed by atoms with van der Waals surface area (Å²) in [6.45, 7) is 2.08. The maximum absolute atomic E-state index is 13.3. The van der Waals surface area contributed by atoms with Crippen molar-refractivity contribution in [3.05, 3.63) is 41.5 Å².